The minimum absolute atomic E-state index is 0.0911. The summed E-state index contributed by atoms with van der Waals surface area (Å²) in [6, 6.07) is 6.90. The van der Waals surface area contributed by atoms with Crippen molar-refractivity contribution in [3.63, 3.8) is 0 Å². The molecule has 0 aromatic heterocycles. The fourth-order valence-electron chi connectivity index (χ4n) is 2.04. The predicted octanol–water partition coefficient (Wildman–Crippen LogP) is 0.592. The van der Waals surface area contributed by atoms with E-state index in [0.717, 1.165) is 19.6 Å². The van der Waals surface area contributed by atoms with Gasteiger partial charge in [0.05, 0.1) is 6.61 Å². The zero-order valence-electron chi connectivity index (χ0n) is 9.19. The average molecular weight is 224 g/mol. The molecule has 1 aliphatic heterocycles. The summed E-state index contributed by atoms with van der Waals surface area (Å²) in [4.78, 5) is 2.12. The van der Waals surface area contributed by atoms with E-state index in [1.807, 2.05) is 6.07 Å². The first-order chi connectivity index (χ1) is 7.81. The van der Waals surface area contributed by atoms with Crippen LogP contribution in [0.1, 0.15) is 5.56 Å². The lowest BCUT2D eigenvalue weighted by atomic mass is 10.1. The van der Waals surface area contributed by atoms with Crippen LogP contribution in [0.3, 0.4) is 0 Å². The molecule has 0 spiro atoms. The van der Waals surface area contributed by atoms with Gasteiger partial charge in [-0.25, -0.2) is 4.39 Å². The minimum Gasteiger partial charge on any atom is -0.395 e. The molecule has 1 saturated heterocycles. The molecule has 1 unspecified atom stereocenters. The van der Waals surface area contributed by atoms with E-state index in [1.54, 1.807) is 12.1 Å². The zero-order chi connectivity index (χ0) is 11.4. The highest BCUT2D eigenvalue weighted by Crippen LogP contribution is 2.13. The van der Waals surface area contributed by atoms with Crippen LogP contribution in [0.25, 0.3) is 0 Å². The fourth-order valence-corrected chi connectivity index (χ4v) is 2.04. The van der Waals surface area contributed by atoms with Crippen LogP contribution in [-0.4, -0.2) is 42.3 Å². The number of nitrogens with zero attached hydrogens (tertiary/aromatic N) is 1. The number of piperazine rings is 1. The van der Waals surface area contributed by atoms with Gasteiger partial charge in [-0.15, -0.1) is 0 Å². The Balaban J connectivity index is 2.05. The molecule has 1 aromatic rings. The maximum atomic E-state index is 13.5. The molecule has 4 heteroatoms. The summed E-state index contributed by atoms with van der Waals surface area (Å²) in [5.41, 5.74) is 0.697. The van der Waals surface area contributed by atoms with Gasteiger partial charge in [-0.2, -0.15) is 0 Å². The van der Waals surface area contributed by atoms with Crippen molar-refractivity contribution in [2.24, 2.45) is 0 Å². The largest absolute Gasteiger partial charge is 0.395 e. The number of rotatable bonds is 3. The highest BCUT2D eigenvalue weighted by molar-refractivity contribution is 5.17. The average Bonchev–Trinajstić information content (AvgIpc) is 2.33. The lowest BCUT2D eigenvalue weighted by Crippen LogP contribution is -2.52. The molecule has 1 aromatic carbocycles. The second kappa shape index (κ2) is 5.39. The topological polar surface area (TPSA) is 35.5 Å². The van der Waals surface area contributed by atoms with E-state index in [2.05, 4.69) is 10.2 Å². The lowest BCUT2D eigenvalue weighted by molar-refractivity contribution is 0.0936. The molecule has 0 radical (unpaired) electrons. The predicted molar refractivity (Wildman–Crippen MR) is 60.6 cm³/mol. The Morgan fingerprint density at radius 3 is 3.00 bits per heavy atom. The Morgan fingerprint density at radius 2 is 2.25 bits per heavy atom. The third-order valence-corrected chi connectivity index (χ3v) is 3.01. The molecule has 0 bridgehead atoms. The monoisotopic (exact) mass is 224 g/mol. The maximum Gasteiger partial charge on any atom is 0.127 e. The Morgan fingerprint density at radius 1 is 1.44 bits per heavy atom. The van der Waals surface area contributed by atoms with Crippen LogP contribution < -0.4 is 5.32 Å². The van der Waals surface area contributed by atoms with E-state index in [-0.39, 0.29) is 18.5 Å². The Bertz CT molecular complexity index is 346. The molecule has 0 saturated carbocycles. The Hall–Kier alpha value is -0.970. The summed E-state index contributed by atoms with van der Waals surface area (Å²) in [6.45, 7) is 3.19. The van der Waals surface area contributed by atoms with Crippen LogP contribution in [0.5, 0.6) is 0 Å². The van der Waals surface area contributed by atoms with Crippen LogP contribution in [-0.2, 0) is 6.54 Å². The fraction of sp³-hybridized carbons (Fsp3) is 0.500. The first kappa shape index (κ1) is 11.5. The van der Waals surface area contributed by atoms with Crippen molar-refractivity contribution in [2.45, 2.75) is 12.6 Å². The lowest BCUT2D eigenvalue weighted by Gasteiger charge is -2.35. The van der Waals surface area contributed by atoms with Gasteiger partial charge in [0.2, 0.25) is 0 Å². The van der Waals surface area contributed by atoms with Crippen LogP contribution in [0.4, 0.5) is 4.39 Å². The third-order valence-electron chi connectivity index (χ3n) is 3.01. The van der Waals surface area contributed by atoms with Crippen LogP contribution in [0, 0.1) is 5.82 Å². The Kier molecular flexibility index (Phi) is 3.88. The summed E-state index contributed by atoms with van der Waals surface area (Å²) in [7, 11) is 0. The van der Waals surface area contributed by atoms with E-state index >= 15 is 0 Å². The first-order valence-corrected chi connectivity index (χ1v) is 5.60. The number of aliphatic hydroxyl groups excluding tert-OH is 1. The van der Waals surface area contributed by atoms with Gasteiger partial charge in [0, 0.05) is 37.8 Å². The molecule has 88 valence electrons. The number of nitrogens with one attached hydrogen (secondary N) is 1. The molecule has 0 aliphatic carbocycles. The van der Waals surface area contributed by atoms with Crippen molar-refractivity contribution >= 4 is 0 Å². The number of hydrogen-bond donors (Lipinski definition) is 2. The van der Waals surface area contributed by atoms with Gasteiger partial charge in [0.25, 0.3) is 0 Å². The smallest absolute Gasteiger partial charge is 0.127 e. The van der Waals surface area contributed by atoms with Gasteiger partial charge in [-0.3, -0.25) is 4.90 Å². The van der Waals surface area contributed by atoms with Crippen LogP contribution in [0.2, 0.25) is 0 Å². The zero-order valence-corrected chi connectivity index (χ0v) is 9.19. The second-order valence-electron chi connectivity index (χ2n) is 4.10. The van der Waals surface area contributed by atoms with Crippen LogP contribution >= 0.6 is 0 Å². The molecule has 3 nitrogen and oxygen atoms in total. The van der Waals surface area contributed by atoms with Crippen molar-refractivity contribution in [3.05, 3.63) is 35.6 Å². The molecule has 1 heterocycles. The number of aliphatic hydroxyl groups is 1. The first-order valence-electron chi connectivity index (χ1n) is 5.60. The summed E-state index contributed by atoms with van der Waals surface area (Å²) in [6.07, 6.45) is 0. The maximum absolute atomic E-state index is 13.5. The molecule has 1 fully saturated rings. The molecular weight excluding hydrogens is 207 g/mol. The van der Waals surface area contributed by atoms with Crippen LogP contribution in [0.15, 0.2) is 24.3 Å². The summed E-state index contributed by atoms with van der Waals surface area (Å²) in [5.74, 6) is -0.169. The molecule has 2 N–H and O–H groups in total. The number of benzene rings is 1. The molecular formula is C12H17FN2O. The van der Waals surface area contributed by atoms with Gasteiger partial charge in [-0.05, 0) is 6.07 Å². The minimum atomic E-state index is -0.169. The van der Waals surface area contributed by atoms with E-state index in [1.165, 1.54) is 6.07 Å². The van der Waals surface area contributed by atoms with E-state index in [9.17, 15) is 9.50 Å². The van der Waals surface area contributed by atoms with Gasteiger partial charge in [0.15, 0.2) is 0 Å². The van der Waals surface area contributed by atoms with Gasteiger partial charge >= 0.3 is 0 Å². The highest BCUT2D eigenvalue weighted by atomic mass is 19.1. The van der Waals surface area contributed by atoms with Gasteiger partial charge in [-0.1, -0.05) is 18.2 Å². The summed E-state index contributed by atoms with van der Waals surface area (Å²) >= 11 is 0. The molecule has 1 aliphatic rings. The van der Waals surface area contributed by atoms with Crippen molar-refractivity contribution in [1.29, 1.82) is 0 Å². The van der Waals surface area contributed by atoms with Gasteiger partial charge < -0.3 is 10.4 Å². The standard InChI is InChI=1S/C12H17FN2O/c13-12-4-2-1-3-10(12)8-15-6-5-14-7-11(15)9-16/h1-4,11,14,16H,5-9H2. The van der Waals surface area contributed by atoms with Crippen molar-refractivity contribution < 1.29 is 9.50 Å². The van der Waals surface area contributed by atoms with Crippen molar-refractivity contribution in [2.75, 3.05) is 26.2 Å². The van der Waals surface area contributed by atoms with E-state index in [0.29, 0.717) is 12.1 Å². The molecule has 16 heavy (non-hydrogen) atoms. The molecule has 0 amide bonds. The van der Waals surface area contributed by atoms with Crippen molar-refractivity contribution in [1.82, 2.24) is 10.2 Å². The quantitative estimate of drug-likeness (QED) is 0.789. The molecule has 1 atom stereocenters. The summed E-state index contributed by atoms with van der Waals surface area (Å²) < 4.78 is 13.5. The molecule has 2 rings (SSSR count). The Labute approximate surface area is 94.9 Å². The number of halogens is 1. The van der Waals surface area contributed by atoms with Gasteiger partial charge in [0.1, 0.15) is 5.82 Å². The second-order valence-corrected chi connectivity index (χ2v) is 4.10. The SMILES string of the molecule is OCC1CNCCN1Cc1ccccc1F. The number of hydrogen-bond acceptors (Lipinski definition) is 3. The normalized spacial score (nSPS) is 22.2. The third kappa shape index (κ3) is 2.58. The summed E-state index contributed by atoms with van der Waals surface area (Å²) in [5, 5.41) is 12.5. The van der Waals surface area contributed by atoms with Crippen molar-refractivity contribution in [3.8, 4) is 0 Å². The van der Waals surface area contributed by atoms with E-state index in [4.69, 9.17) is 0 Å². The van der Waals surface area contributed by atoms with E-state index < -0.39 is 0 Å². The highest BCUT2D eigenvalue weighted by Gasteiger charge is 2.21.